The first-order valence-corrected chi connectivity index (χ1v) is 6.99. The molecule has 0 radical (unpaired) electrons. The van der Waals surface area contributed by atoms with Crippen LogP contribution in [-0.2, 0) is 11.2 Å². The van der Waals surface area contributed by atoms with Crippen LogP contribution in [0.1, 0.15) is 36.4 Å². The SMILES string of the molecule is COc1cccc2c1CCC2NC1CCCNC1=O. The summed E-state index contributed by atoms with van der Waals surface area (Å²) >= 11 is 0. The smallest absolute Gasteiger partial charge is 0.237 e. The fraction of sp³-hybridized carbons (Fsp3) is 0.533. The Balaban J connectivity index is 1.77. The maximum Gasteiger partial charge on any atom is 0.237 e. The third kappa shape index (κ3) is 2.32. The summed E-state index contributed by atoms with van der Waals surface area (Å²) in [5.41, 5.74) is 2.58. The summed E-state index contributed by atoms with van der Waals surface area (Å²) in [6.45, 7) is 0.812. The monoisotopic (exact) mass is 260 g/mol. The zero-order valence-electron chi connectivity index (χ0n) is 11.2. The van der Waals surface area contributed by atoms with Gasteiger partial charge in [0.05, 0.1) is 13.2 Å². The van der Waals surface area contributed by atoms with Gasteiger partial charge in [0.2, 0.25) is 5.91 Å². The predicted octanol–water partition coefficient (Wildman–Crippen LogP) is 1.55. The molecule has 1 saturated heterocycles. The number of amides is 1. The molecule has 102 valence electrons. The molecule has 2 N–H and O–H groups in total. The quantitative estimate of drug-likeness (QED) is 0.867. The highest BCUT2D eigenvalue weighted by atomic mass is 16.5. The van der Waals surface area contributed by atoms with E-state index >= 15 is 0 Å². The van der Waals surface area contributed by atoms with E-state index in [9.17, 15) is 4.79 Å². The Labute approximate surface area is 113 Å². The molecule has 1 aromatic rings. The Morgan fingerprint density at radius 1 is 1.32 bits per heavy atom. The zero-order chi connectivity index (χ0) is 13.2. The molecule has 0 spiro atoms. The standard InChI is InChI=1S/C15H20N2O2/c1-19-14-6-2-4-10-11(14)7-8-12(10)17-13-5-3-9-16-15(13)18/h2,4,6,12-13,17H,3,5,7-9H2,1H3,(H,16,18). The van der Waals surface area contributed by atoms with Crippen molar-refractivity contribution >= 4 is 5.91 Å². The Morgan fingerprint density at radius 3 is 3.00 bits per heavy atom. The molecule has 2 atom stereocenters. The van der Waals surface area contributed by atoms with Crippen LogP contribution in [0.5, 0.6) is 5.75 Å². The van der Waals surface area contributed by atoms with Gasteiger partial charge in [0.25, 0.3) is 0 Å². The second kappa shape index (κ2) is 5.21. The van der Waals surface area contributed by atoms with Gasteiger partial charge in [-0.1, -0.05) is 12.1 Å². The van der Waals surface area contributed by atoms with Gasteiger partial charge in [-0.15, -0.1) is 0 Å². The number of methoxy groups -OCH3 is 1. The van der Waals surface area contributed by atoms with Gasteiger partial charge in [-0.25, -0.2) is 0 Å². The number of rotatable bonds is 3. The average molecular weight is 260 g/mol. The number of fused-ring (bicyclic) bond motifs is 1. The van der Waals surface area contributed by atoms with E-state index < -0.39 is 0 Å². The number of hydrogen-bond acceptors (Lipinski definition) is 3. The van der Waals surface area contributed by atoms with Crippen molar-refractivity contribution in [3.63, 3.8) is 0 Å². The molecule has 0 saturated carbocycles. The van der Waals surface area contributed by atoms with E-state index in [-0.39, 0.29) is 18.0 Å². The van der Waals surface area contributed by atoms with Crippen molar-refractivity contribution in [1.29, 1.82) is 0 Å². The fourth-order valence-corrected chi connectivity index (χ4v) is 3.16. The van der Waals surface area contributed by atoms with E-state index in [0.29, 0.717) is 0 Å². The van der Waals surface area contributed by atoms with Gasteiger partial charge >= 0.3 is 0 Å². The number of carbonyl (C=O) groups excluding carboxylic acids is 1. The van der Waals surface area contributed by atoms with Crippen LogP contribution < -0.4 is 15.4 Å². The molecule has 0 aromatic heterocycles. The Kier molecular flexibility index (Phi) is 3.42. The summed E-state index contributed by atoms with van der Waals surface area (Å²) in [5.74, 6) is 1.11. The molecule has 1 aromatic carbocycles. The van der Waals surface area contributed by atoms with Crippen LogP contribution in [0.4, 0.5) is 0 Å². The summed E-state index contributed by atoms with van der Waals surface area (Å²) in [7, 11) is 1.71. The van der Waals surface area contributed by atoms with Crippen LogP contribution in [0.15, 0.2) is 18.2 Å². The summed E-state index contributed by atoms with van der Waals surface area (Å²) in [5, 5.41) is 6.43. The van der Waals surface area contributed by atoms with Crippen molar-refractivity contribution in [1.82, 2.24) is 10.6 Å². The average Bonchev–Trinajstić information content (AvgIpc) is 2.84. The lowest BCUT2D eigenvalue weighted by atomic mass is 10.0. The van der Waals surface area contributed by atoms with Crippen molar-refractivity contribution in [2.24, 2.45) is 0 Å². The van der Waals surface area contributed by atoms with Gasteiger partial charge in [0.15, 0.2) is 0 Å². The third-order valence-corrected chi connectivity index (χ3v) is 4.14. The first-order valence-electron chi connectivity index (χ1n) is 6.99. The minimum atomic E-state index is -0.0455. The number of nitrogens with one attached hydrogen (secondary N) is 2. The first-order chi connectivity index (χ1) is 9.29. The van der Waals surface area contributed by atoms with Gasteiger partial charge in [0, 0.05) is 12.6 Å². The Bertz CT molecular complexity index is 487. The first kappa shape index (κ1) is 12.5. The molecule has 1 heterocycles. The zero-order valence-corrected chi connectivity index (χ0v) is 11.2. The molecule has 0 bridgehead atoms. The van der Waals surface area contributed by atoms with Crippen molar-refractivity contribution in [3.05, 3.63) is 29.3 Å². The molecule has 19 heavy (non-hydrogen) atoms. The molecule has 1 aliphatic carbocycles. The van der Waals surface area contributed by atoms with Crippen LogP contribution in [0.3, 0.4) is 0 Å². The largest absolute Gasteiger partial charge is 0.496 e. The van der Waals surface area contributed by atoms with Gasteiger partial charge in [-0.2, -0.15) is 0 Å². The molecule has 2 unspecified atom stereocenters. The lowest BCUT2D eigenvalue weighted by Crippen LogP contribution is -2.49. The number of hydrogen-bond donors (Lipinski definition) is 2. The van der Waals surface area contributed by atoms with Crippen LogP contribution >= 0.6 is 0 Å². The second-order valence-electron chi connectivity index (χ2n) is 5.27. The highest BCUT2D eigenvalue weighted by molar-refractivity contribution is 5.82. The number of ether oxygens (including phenoxy) is 1. The Morgan fingerprint density at radius 2 is 2.21 bits per heavy atom. The molecule has 1 fully saturated rings. The normalized spacial score (nSPS) is 25.8. The maximum absolute atomic E-state index is 11.8. The molecule has 1 amide bonds. The van der Waals surface area contributed by atoms with Crippen LogP contribution in [0, 0.1) is 0 Å². The number of carbonyl (C=O) groups is 1. The van der Waals surface area contributed by atoms with Crippen LogP contribution in [-0.4, -0.2) is 25.6 Å². The summed E-state index contributed by atoms with van der Waals surface area (Å²) in [4.78, 5) is 11.8. The van der Waals surface area contributed by atoms with Crippen LogP contribution in [0.25, 0.3) is 0 Å². The number of benzene rings is 1. The summed E-state index contributed by atoms with van der Waals surface area (Å²) in [6.07, 6.45) is 4.05. The lowest BCUT2D eigenvalue weighted by Gasteiger charge is -2.26. The number of piperidine rings is 1. The van der Waals surface area contributed by atoms with E-state index in [1.807, 2.05) is 12.1 Å². The molecule has 1 aliphatic heterocycles. The molecule has 4 heteroatoms. The van der Waals surface area contributed by atoms with E-state index in [0.717, 1.165) is 38.0 Å². The Hall–Kier alpha value is -1.55. The molecule has 4 nitrogen and oxygen atoms in total. The van der Waals surface area contributed by atoms with Gasteiger partial charge < -0.3 is 10.1 Å². The molecule has 2 aliphatic rings. The maximum atomic E-state index is 11.8. The molecular weight excluding hydrogens is 240 g/mol. The van der Waals surface area contributed by atoms with E-state index in [2.05, 4.69) is 16.7 Å². The predicted molar refractivity (Wildman–Crippen MR) is 73.2 cm³/mol. The molecule has 3 rings (SSSR count). The van der Waals surface area contributed by atoms with Crippen LogP contribution in [0.2, 0.25) is 0 Å². The van der Waals surface area contributed by atoms with E-state index in [1.54, 1.807) is 7.11 Å². The molecular formula is C15H20N2O2. The lowest BCUT2D eigenvalue weighted by molar-refractivity contribution is -0.124. The van der Waals surface area contributed by atoms with Crippen molar-refractivity contribution in [3.8, 4) is 5.75 Å². The minimum absolute atomic E-state index is 0.0455. The highest BCUT2D eigenvalue weighted by Gasteiger charge is 2.30. The topological polar surface area (TPSA) is 50.4 Å². The van der Waals surface area contributed by atoms with Gasteiger partial charge in [-0.05, 0) is 42.9 Å². The summed E-state index contributed by atoms with van der Waals surface area (Å²) < 4.78 is 5.41. The van der Waals surface area contributed by atoms with Gasteiger partial charge in [0.1, 0.15) is 5.75 Å². The van der Waals surface area contributed by atoms with Crippen molar-refractivity contribution in [2.45, 2.75) is 37.8 Å². The minimum Gasteiger partial charge on any atom is -0.496 e. The third-order valence-electron chi connectivity index (χ3n) is 4.14. The van der Waals surface area contributed by atoms with Crippen molar-refractivity contribution in [2.75, 3.05) is 13.7 Å². The van der Waals surface area contributed by atoms with Gasteiger partial charge in [-0.3, -0.25) is 10.1 Å². The van der Waals surface area contributed by atoms with E-state index in [4.69, 9.17) is 4.74 Å². The van der Waals surface area contributed by atoms with Crippen molar-refractivity contribution < 1.29 is 9.53 Å². The second-order valence-corrected chi connectivity index (χ2v) is 5.27. The van der Waals surface area contributed by atoms with E-state index in [1.165, 1.54) is 11.1 Å². The summed E-state index contributed by atoms with van der Waals surface area (Å²) in [6, 6.07) is 6.41. The fourth-order valence-electron chi connectivity index (χ4n) is 3.16. The highest BCUT2D eigenvalue weighted by Crippen LogP contribution is 2.37.